The van der Waals surface area contributed by atoms with E-state index in [-0.39, 0.29) is 30.0 Å². The smallest absolute Gasteiger partial charge is 0.416 e. The van der Waals surface area contributed by atoms with Gasteiger partial charge in [0.05, 0.1) is 29.1 Å². The van der Waals surface area contributed by atoms with Crippen LogP contribution in [0.2, 0.25) is 0 Å². The fourth-order valence-electron chi connectivity index (χ4n) is 6.28. The maximum atomic E-state index is 14.0. The number of piperazine rings is 1. The van der Waals surface area contributed by atoms with Crippen molar-refractivity contribution in [2.75, 3.05) is 33.2 Å². The molecule has 2 fully saturated rings. The van der Waals surface area contributed by atoms with Crippen molar-refractivity contribution in [3.05, 3.63) is 70.0 Å². The van der Waals surface area contributed by atoms with Crippen molar-refractivity contribution >= 4 is 12.0 Å². The summed E-state index contributed by atoms with van der Waals surface area (Å²) in [6, 6.07) is 3.24. The number of halogens is 7. The van der Waals surface area contributed by atoms with Crippen LogP contribution in [0.4, 0.5) is 35.5 Å². The van der Waals surface area contributed by atoms with E-state index in [1.54, 1.807) is 13.0 Å². The SMILES string of the molecule is Cc1cc(F)ccc1[C@H]1CN(C[C@H]2CC[C@@H](C(=O)O)CC2)CCN1C(=O)N(C)C(C)c1cc(C(F)(F)F)cc(C(F)(F)F)c1. The Labute approximate surface area is 251 Å². The predicted molar refractivity (Wildman–Crippen MR) is 148 cm³/mol. The summed E-state index contributed by atoms with van der Waals surface area (Å²) in [7, 11) is 1.34. The van der Waals surface area contributed by atoms with Crippen molar-refractivity contribution in [1.82, 2.24) is 14.7 Å². The minimum atomic E-state index is -5.02. The van der Waals surface area contributed by atoms with Gasteiger partial charge in [-0.2, -0.15) is 26.3 Å². The van der Waals surface area contributed by atoms with Crippen LogP contribution in [0.25, 0.3) is 0 Å². The number of carbonyl (C=O) groups is 2. The van der Waals surface area contributed by atoms with Crippen LogP contribution < -0.4 is 0 Å². The maximum Gasteiger partial charge on any atom is 0.416 e. The Kier molecular flexibility index (Phi) is 9.87. The molecule has 1 unspecified atom stereocenters. The summed E-state index contributed by atoms with van der Waals surface area (Å²) >= 11 is 0. The normalized spacial score (nSPS) is 22.5. The molecule has 4 rings (SSSR count). The summed E-state index contributed by atoms with van der Waals surface area (Å²) in [5.74, 6) is -1.32. The van der Waals surface area contributed by atoms with Crippen LogP contribution in [0, 0.1) is 24.6 Å². The number of hydrogen-bond donors (Lipinski definition) is 1. The highest BCUT2D eigenvalue weighted by Crippen LogP contribution is 2.39. The fraction of sp³-hybridized carbons (Fsp3) is 0.548. The molecule has 1 N–H and O–H groups in total. The summed E-state index contributed by atoms with van der Waals surface area (Å²) in [5.41, 5.74) is -1.95. The quantitative estimate of drug-likeness (QED) is 0.335. The van der Waals surface area contributed by atoms with Gasteiger partial charge in [0, 0.05) is 33.2 Å². The first-order valence-electron chi connectivity index (χ1n) is 14.5. The van der Waals surface area contributed by atoms with Gasteiger partial charge in [-0.25, -0.2) is 9.18 Å². The number of nitrogens with zero attached hydrogens (tertiary/aromatic N) is 3. The number of hydrogen-bond acceptors (Lipinski definition) is 3. The Morgan fingerprint density at radius 3 is 2.07 bits per heavy atom. The third-order valence-electron chi connectivity index (χ3n) is 8.99. The first-order chi connectivity index (χ1) is 20.5. The van der Waals surface area contributed by atoms with E-state index in [1.807, 2.05) is 0 Å². The molecule has 1 saturated heterocycles. The topological polar surface area (TPSA) is 64.1 Å². The molecule has 1 saturated carbocycles. The number of aryl methyl sites for hydroxylation is 1. The molecule has 0 radical (unpaired) electrons. The van der Waals surface area contributed by atoms with Crippen molar-refractivity contribution in [3.8, 4) is 0 Å². The van der Waals surface area contributed by atoms with Crippen molar-refractivity contribution < 1.29 is 45.4 Å². The van der Waals surface area contributed by atoms with Crippen LogP contribution >= 0.6 is 0 Å². The molecule has 2 aliphatic rings. The molecule has 2 aromatic rings. The van der Waals surface area contributed by atoms with Crippen LogP contribution in [0.5, 0.6) is 0 Å². The second-order valence-electron chi connectivity index (χ2n) is 11.9. The summed E-state index contributed by atoms with van der Waals surface area (Å²) < 4.78 is 95.0. The zero-order valence-corrected chi connectivity index (χ0v) is 24.7. The lowest BCUT2D eigenvalue weighted by molar-refractivity contribution is -0.144. The van der Waals surface area contributed by atoms with Crippen molar-refractivity contribution in [1.29, 1.82) is 0 Å². The molecule has 0 aromatic heterocycles. The lowest BCUT2D eigenvalue weighted by Crippen LogP contribution is -2.54. The van der Waals surface area contributed by atoms with Gasteiger partial charge in [-0.05, 0) is 92.5 Å². The van der Waals surface area contributed by atoms with Crippen LogP contribution in [0.1, 0.15) is 72.5 Å². The molecule has 2 aromatic carbocycles. The Balaban J connectivity index is 1.58. The Morgan fingerprint density at radius 2 is 1.55 bits per heavy atom. The second-order valence-corrected chi connectivity index (χ2v) is 11.9. The summed E-state index contributed by atoms with van der Waals surface area (Å²) in [5, 5.41) is 9.31. The van der Waals surface area contributed by atoms with Crippen molar-refractivity contribution in [3.63, 3.8) is 0 Å². The van der Waals surface area contributed by atoms with Gasteiger partial charge in [0.1, 0.15) is 5.82 Å². The monoisotopic (exact) mass is 631 g/mol. The van der Waals surface area contributed by atoms with E-state index in [2.05, 4.69) is 4.90 Å². The molecule has 13 heteroatoms. The summed E-state index contributed by atoms with van der Waals surface area (Å²) in [6.07, 6.45) is -7.35. The first-order valence-corrected chi connectivity index (χ1v) is 14.5. The van der Waals surface area contributed by atoms with Gasteiger partial charge in [0.2, 0.25) is 0 Å². The third kappa shape index (κ3) is 7.65. The molecule has 0 bridgehead atoms. The number of benzene rings is 2. The van der Waals surface area contributed by atoms with E-state index in [9.17, 15) is 45.4 Å². The fourth-order valence-corrected chi connectivity index (χ4v) is 6.28. The zero-order valence-electron chi connectivity index (χ0n) is 24.7. The van der Waals surface area contributed by atoms with Crippen molar-refractivity contribution in [2.45, 2.75) is 64.0 Å². The highest BCUT2D eigenvalue weighted by molar-refractivity contribution is 5.75. The number of carboxylic acids is 1. The van der Waals surface area contributed by atoms with Gasteiger partial charge >= 0.3 is 24.4 Å². The van der Waals surface area contributed by atoms with E-state index < -0.39 is 53.4 Å². The third-order valence-corrected chi connectivity index (χ3v) is 8.99. The zero-order chi connectivity index (χ0) is 32.6. The van der Waals surface area contributed by atoms with Gasteiger partial charge in [-0.15, -0.1) is 0 Å². The second kappa shape index (κ2) is 12.9. The highest BCUT2D eigenvalue weighted by atomic mass is 19.4. The maximum absolute atomic E-state index is 14.0. The van der Waals surface area contributed by atoms with Crippen LogP contribution in [0.3, 0.4) is 0 Å². The standard InChI is InChI=1S/C31H36F7N3O3/c1-18-12-25(32)8-9-26(18)27-17-40(16-20-4-6-21(7-5-20)28(42)43)10-11-41(27)29(44)39(3)19(2)22-13-23(30(33,34)35)15-24(14-22)31(36,37)38/h8-9,12-15,19-21,27H,4-7,10-11,16-17H2,1-3H3,(H,42,43)/t19?,20-,21+,27-/m1/s1. The number of alkyl halides is 6. The van der Waals surface area contributed by atoms with E-state index in [0.717, 1.165) is 17.7 Å². The van der Waals surface area contributed by atoms with Gasteiger partial charge in [-0.1, -0.05) is 6.07 Å². The number of amides is 2. The Morgan fingerprint density at radius 1 is 0.955 bits per heavy atom. The number of aliphatic carboxylic acids is 1. The average Bonchev–Trinajstić information content (AvgIpc) is 2.95. The molecule has 6 nitrogen and oxygen atoms in total. The highest BCUT2D eigenvalue weighted by Gasteiger charge is 2.40. The number of carbonyl (C=O) groups excluding carboxylic acids is 1. The minimum absolute atomic E-state index is 0.0543. The molecule has 1 heterocycles. The summed E-state index contributed by atoms with van der Waals surface area (Å²) in [6.45, 7) is 4.82. The van der Waals surface area contributed by atoms with E-state index in [4.69, 9.17) is 0 Å². The van der Waals surface area contributed by atoms with Crippen LogP contribution in [0.15, 0.2) is 36.4 Å². The van der Waals surface area contributed by atoms with Gasteiger partial charge < -0.3 is 14.9 Å². The molecule has 1 aliphatic heterocycles. The number of rotatable bonds is 6. The van der Waals surface area contributed by atoms with E-state index in [0.29, 0.717) is 55.7 Å². The Hall–Kier alpha value is -3.35. The average molecular weight is 632 g/mol. The van der Waals surface area contributed by atoms with Gasteiger partial charge in [0.25, 0.3) is 0 Å². The van der Waals surface area contributed by atoms with Gasteiger partial charge in [-0.3, -0.25) is 9.69 Å². The first kappa shape index (κ1) is 33.5. The van der Waals surface area contributed by atoms with Crippen LogP contribution in [-0.2, 0) is 17.1 Å². The molecular weight excluding hydrogens is 595 g/mol. The van der Waals surface area contributed by atoms with E-state index >= 15 is 0 Å². The lowest BCUT2D eigenvalue weighted by Gasteiger charge is -2.45. The van der Waals surface area contributed by atoms with Crippen molar-refractivity contribution in [2.24, 2.45) is 11.8 Å². The number of carboxylic acid groups (broad SMARTS) is 1. The summed E-state index contributed by atoms with van der Waals surface area (Å²) in [4.78, 5) is 30.1. The molecule has 242 valence electrons. The predicted octanol–water partition coefficient (Wildman–Crippen LogP) is 7.53. The Bertz CT molecular complexity index is 1320. The molecule has 0 spiro atoms. The molecule has 44 heavy (non-hydrogen) atoms. The van der Waals surface area contributed by atoms with Gasteiger partial charge in [0.15, 0.2) is 0 Å². The van der Waals surface area contributed by atoms with Crippen LogP contribution in [-0.4, -0.2) is 65.0 Å². The number of urea groups is 1. The lowest BCUT2D eigenvalue weighted by atomic mass is 9.81. The molecule has 1 aliphatic carbocycles. The largest absolute Gasteiger partial charge is 0.481 e. The minimum Gasteiger partial charge on any atom is -0.481 e. The van der Waals surface area contributed by atoms with E-state index in [1.165, 1.54) is 31.0 Å². The molecular formula is C31H36F7N3O3. The molecule has 2 atom stereocenters. The molecule has 2 amide bonds.